The first-order chi connectivity index (χ1) is 5.88. The second kappa shape index (κ2) is 5.49. The van der Waals surface area contributed by atoms with Gasteiger partial charge in [0.15, 0.2) is 0 Å². The molecule has 1 heterocycles. The van der Waals surface area contributed by atoms with Crippen molar-refractivity contribution in [2.75, 3.05) is 32.9 Å². The van der Waals surface area contributed by atoms with E-state index < -0.39 is 0 Å². The Morgan fingerprint density at radius 1 is 1.58 bits per heavy atom. The molecule has 0 spiro atoms. The van der Waals surface area contributed by atoms with Crippen LogP contribution >= 0.6 is 0 Å². The molecular weight excluding hydrogens is 155 g/mol. The monoisotopic (exact) mass is 174 g/mol. The van der Waals surface area contributed by atoms with Crippen molar-refractivity contribution in [3.05, 3.63) is 0 Å². The minimum Gasteiger partial charge on any atom is -0.314 e. The third-order valence-electron chi connectivity index (χ3n) is 2.52. The maximum atomic E-state index is 11.9. The van der Waals surface area contributed by atoms with Crippen LogP contribution in [-0.4, -0.2) is 43.8 Å². The lowest BCUT2D eigenvalue weighted by molar-refractivity contribution is 0.151. The first-order valence-electron chi connectivity index (χ1n) is 4.89. The fourth-order valence-electron chi connectivity index (χ4n) is 1.76. The smallest absolute Gasteiger partial charge is 0.0906 e. The largest absolute Gasteiger partial charge is 0.314 e. The van der Waals surface area contributed by atoms with Gasteiger partial charge in [0, 0.05) is 32.2 Å². The van der Waals surface area contributed by atoms with Gasteiger partial charge in [-0.25, -0.2) is 0 Å². The van der Waals surface area contributed by atoms with E-state index in [2.05, 4.69) is 17.1 Å². The van der Waals surface area contributed by atoms with Crippen LogP contribution in [0.25, 0.3) is 0 Å². The molecule has 1 fully saturated rings. The Morgan fingerprint density at radius 3 is 3.08 bits per heavy atom. The fraction of sp³-hybridized carbons (Fsp3) is 1.00. The third kappa shape index (κ3) is 2.72. The summed E-state index contributed by atoms with van der Waals surface area (Å²) < 4.78 is 11.9. The van der Waals surface area contributed by atoms with Crippen LogP contribution in [0, 0.1) is 0 Å². The van der Waals surface area contributed by atoms with E-state index in [1.165, 1.54) is 6.42 Å². The molecule has 2 nitrogen and oxygen atoms in total. The summed E-state index contributed by atoms with van der Waals surface area (Å²) in [5.74, 6) is 0. The van der Waals surface area contributed by atoms with Gasteiger partial charge in [0.1, 0.15) is 0 Å². The molecule has 0 bridgehead atoms. The summed E-state index contributed by atoms with van der Waals surface area (Å²) >= 11 is 0. The minimum absolute atomic E-state index is 0.180. The summed E-state index contributed by atoms with van der Waals surface area (Å²) in [4.78, 5) is 2.40. The van der Waals surface area contributed by atoms with Gasteiger partial charge in [0.25, 0.3) is 0 Å². The first kappa shape index (κ1) is 9.93. The van der Waals surface area contributed by atoms with E-state index in [9.17, 15) is 4.39 Å². The average molecular weight is 174 g/mol. The maximum Gasteiger partial charge on any atom is 0.0906 e. The highest BCUT2D eigenvalue weighted by molar-refractivity contribution is 4.78. The van der Waals surface area contributed by atoms with Crippen LogP contribution in [0.3, 0.4) is 0 Å². The summed E-state index contributed by atoms with van der Waals surface area (Å²) in [7, 11) is 0. The molecule has 0 aliphatic carbocycles. The molecule has 0 radical (unpaired) electrons. The Bertz CT molecular complexity index is 119. The van der Waals surface area contributed by atoms with Gasteiger partial charge in [-0.15, -0.1) is 0 Å². The van der Waals surface area contributed by atoms with Gasteiger partial charge in [-0.1, -0.05) is 6.92 Å². The molecule has 72 valence electrons. The number of piperazine rings is 1. The lowest BCUT2D eigenvalue weighted by atomic mass is 10.1. The summed E-state index contributed by atoms with van der Waals surface area (Å²) in [6.45, 7) is 6.15. The highest BCUT2D eigenvalue weighted by Crippen LogP contribution is 2.07. The van der Waals surface area contributed by atoms with Crippen LogP contribution in [0.2, 0.25) is 0 Å². The van der Waals surface area contributed by atoms with Gasteiger partial charge >= 0.3 is 0 Å². The normalized spacial score (nSPS) is 26.0. The lowest BCUT2D eigenvalue weighted by Gasteiger charge is -2.35. The molecule has 1 rings (SSSR count). The van der Waals surface area contributed by atoms with Gasteiger partial charge in [0.2, 0.25) is 0 Å². The molecule has 0 saturated carbocycles. The molecule has 0 aromatic carbocycles. The predicted octanol–water partition coefficient (Wildman–Crippen LogP) is 1.03. The van der Waals surface area contributed by atoms with Gasteiger partial charge in [-0.2, -0.15) is 0 Å². The highest BCUT2D eigenvalue weighted by Gasteiger charge is 2.19. The summed E-state index contributed by atoms with van der Waals surface area (Å²) in [5, 5.41) is 3.36. The van der Waals surface area contributed by atoms with Gasteiger partial charge in [0.05, 0.1) is 6.67 Å². The summed E-state index contributed by atoms with van der Waals surface area (Å²) in [5.41, 5.74) is 0. The Hall–Kier alpha value is -0.150. The molecule has 1 aliphatic heterocycles. The average Bonchev–Trinajstić information content (AvgIpc) is 2.15. The standard InChI is InChI=1S/C9H19FN2/c1-2-9-8-11-5-7-12(9)6-3-4-10/h9,11H,2-8H2,1H3. The molecule has 1 atom stereocenters. The van der Waals surface area contributed by atoms with Crippen LogP contribution in [0.1, 0.15) is 19.8 Å². The fourth-order valence-corrected chi connectivity index (χ4v) is 1.76. The van der Waals surface area contributed by atoms with Crippen molar-refractivity contribution < 1.29 is 4.39 Å². The quantitative estimate of drug-likeness (QED) is 0.685. The van der Waals surface area contributed by atoms with Crippen molar-refractivity contribution in [3.8, 4) is 0 Å². The van der Waals surface area contributed by atoms with E-state index in [0.29, 0.717) is 12.5 Å². The van der Waals surface area contributed by atoms with E-state index >= 15 is 0 Å². The van der Waals surface area contributed by atoms with Crippen molar-refractivity contribution in [3.63, 3.8) is 0 Å². The van der Waals surface area contributed by atoms with E-state index in [0.717, 1.165) is 26.2 Å². The van der Waals surface area contributed by atoms with Gasteiger partial charge in [-0.3, -0.25) is 9.29 Å². The van der Waals surface area contributed by atoms with Gasteiger partial charge < -0.3 is 5.32 Å². The van der Waals surface area contributed by atoms with Crippen LogP contribution < -0.4 is 5.32 Å². The zero-order valence-electron chi connectivity index (χ0n) is 7.85. The van der Waals surface area contributed by atoms with E-state index in [1.54, 1.807) is 0 Å². The summed E-state index contributed by atoms with van der Waals surface area (Å²) in [6, 6.07) is 0.630. The third-order valence-corrected chi connectivity index (χ3v) is 2.52. The Labute approximate surface area is 74.1 Å². The number of rotatable bonds is 4. The van der Waals surface area contributed by atoms with Crippen molar-refractivity contribution in [2.45, 2.75) is 25.8 Å². The van der Waals surface area contributed by atoms with Crippen LogP contribution in [0.4, 0.5) is 4.39 Å². The topological polar surface area (TPSA) is 15.3 Å². The van der Waals surface area contributed by atoms with Crippen molar-refractivity contribution in [2.24, 2.45) is 0 Å². The van der Waals surface area contributed by atoms with Crippen molar-refractivity contribution in [1.29, 1.82) is 0 Å². The second-order valence-electron chi connectivity index (χ2n) is 3.34. The number of hydrogen-bond acceptors (Lipinski definition) is 2. The number of hydrogen-bond donors (Lipinski definition) is 1. The molecule has 1 aliphatic rings. The summed E-state index contributed by atoms with van der Waals surface area (Å²) in [6.07, 6.45) is 1.86. The lowest BCUT2D eigenvalue weighted by Crippen LogP contribution is -2.51. The molecule has 0 aromatic rings. The molecule has 1 unspecified atom stereocenters. The van der Waals surface area contributed by atoms with E-state index in [1.807, 2.05) is 0 Å². The molecule has 12 heavy (non-hydrogen) atoms. The van der Waals surface area contributed by atoms with Crippen LogP contribution in [0.5, 0.6) is 0 Å². The minimum atomic E-state index is -0.180. The second-order valence-corrected chi connectivity index (χ2v) is 3.34. The first-order valence-corrected chi connectivity index (χ1v) is 4.89. The van der Waals surface area contributed by atoms with Crippen molar-refractivity contribution in [1.82, 2.24) is 10.2 Å². The zero-order valence-corrected chi connectivity index (χ0v) is 7.85. The Balaban J connectivity index is 2.26. The molecular formula is C9H19FN2. The number of halogens is 1. The predicted molar refractivity (Wildman–Crippen MR) is 49.1 cm³/mol. The molecule has 0 amide bonds. The maximum absolute atomic E-state index is 11.9. The Kier molecular flexibility index (Phi) is 4.54. The van der Waals surface area contributed by atoms with Crippen LogP contribution in [0.15, 0.2) is 0 Å². The van der Waals surface area contributed by atoms with Gasteiger partial charge in [-0.05, 0) is 12.8 Å². The number of alkyl halides is 1. The highest BCUT2D eigenvalue weighted by atomic mass is 19.1. The number of nitrogens with zero attached hydrogens (tertiary/aromatic N) is 1. The Morgan fingerprint density at radius 2 is 2.42 bits per heavy atom. The number of nitrogens with one attached hydrogen (secondary N) is 1. The van der Waals surface area contributed by atoms with Crippen LogP contribution in [-0.2, 0) is 0 Å². The van der Waals surface area contributed by atoms with E-state index in [-0.39, 0.29) is 6.67 Å². The van der Waals surface area contributed by atoms with Crippen molar-refractivity contribution >= 4 is 0 Å². The molecule has 1 N–H and O–H groups in total. The van der Waals surface area contributed by atoms with E-state index in [4.69, 9.17) is 0 Å². The molecule has 0 aromatic heterocycles. The zero-order chi connectivity index (χ0) is 8.81. The SMILES string of the molecule is CCC1CNCCN1CCCF. The molecule has 1 saturated heterocycles. The molecule has 3 heteroatoms.